The largest absolute Gasteiger partial charge is 0.350 e. The zero-order valence-corrected chi connectivity index (χ0v) is 17.2. The van der Waals surface area contributed by atoms with Gasteiger partial charge in [0.05, 0.1) is 21.7 Å². The van der Waals surface area contributed by atoms with E-state index in [0.29, 0.717) is 11.3 Å². The van der Waals surface area contributed by atoms with Crippen LogP contribution in [0.25, 0.3) is 10.9 Å². The van der Waals surface area contributed by atoms with Gasteiger partial charge in [0, 0.05) is 42.8 Å². The molecule has 0 saturated carbocycles. The van der Waals surface area contributed by atoms with Crippen molar-refractivity contribution in [3.05, 3.63) is 58.2 Å². The average Bonchev–Trinajstić information content (AvgIpc) is 2.89. The molecule has 0 bridgehead atoms. The molecule has 0 atom stereocenters. The van der Waals surface area contributed by atoms with Crippen LogP contribution in [0.15, 0.2) is 47.5 Å². The number of amides is 1. The molecule has 0 aliphatic carbocycles. The molecule has 0 aliphatic rings. The summed E-state index contributed by atoms with van der Waals surface area (Å²) >= 11 is 11.8. The van der Waals surface area contributed by atoms with Crippen LogP contribution >= 0.6 is 23.2 Å². The van der Waals surface area contributed by atoms with Crippen molar-refractivity contribution in [3.63, 3.8) is 0 Å². The van der Waals surface area contributed by atoms with E-state index in [1.54, 1.807) is 50.1 Å². The topological polar surface area (TPSA) is 71.4 Å². The summed E-state index contributed by atoms with van der Waals surface area (Å²) in [6.45, 7) is 0. The second-order valence-corrected chi connectivity index (χ2v) is 8.85. The van der Waals surface area contributed by atoms with Crippen LogP contribution in [-0.4, -0.2) is 37.9 Å². The molecule has 3 rings (SSSR count). The molecule has 0 unspecified atom stereocenters. The van der Waals surface area contributed by atoms with Gasteiger partial charge in [0.2, 0.25) is 0 Å². The number of fused-ring (bicyclic) bond motifs is 1. The second-order valence-electron chi connectivity index (χ2n) is 6.30. The van der Waals surface area contributed by atoms with Gasteiger partial charge in [-0.05, 0) is 36.4 Å². The first kappa shape index (κ1) is 19.5. The highest BCUT2D eigenvalue weighted by Crippen LogP contribution is 2.28. The van der Waals surface area contributed by atoms with Gasteiger partial charge in [-0.3, -0.25) is 9.52 Å². The predicted molar refractivity (Wildman–Crippen MR) is 108 cm³/mol. The molecule has 0 radical (unpaired) electrons. The highest BCUT2D eigenvalue weighted by atomic mass is 35.5. The minimum absolute atomic E-state index is 0.0320. The van der Waals surface area contributed by atoms with Crippen LogP contribution in [-0.2, 0) is 17.1 Å². The Bertz CT molecular complexity index is 1130. The average molecular weight is 426 g/mol. The summed E-state index contributed by atoms with van der Waals surface area (Å²) in [5.41, 5.74) is 1.64. The Kier molecular flexibility index (Phi) is 5.12. The smallest absolute Gasteiger partial charge is 0.261 e. The summed E-state index contributed by atoms with van der Waals surface area (Å²) in [6, 6.07) is 9.11. The van der Waals surface area contributed by atoms with Crippen molar-refractivity contribution < 1.29 is 13.2 Å². The Morgan fingerprint density at radius 1 is 1.07 bits per heavy atom. The maximum absolute atomic E-state index is 12.6. The van der Waals surface area contributed by atoms with Crippen molar-refractivity contribution in [2.24, 2.45) is 7.05 Å². The maximum atomic E-state index is 12.6. The Hall–Kier alpha value is -2.22. The molecule has 1 N–H and O–H groups in total. The standard InChI is InChI=1S/C18H17Cl2N3O3S/c1-22(2)18(24)16-10-23(3)17-9-13(4-5-15(16)17)21-27(25,26)14-7-11(19)6-12(20)8-14/h4-10,21H,1-3H3. The molecule has 27 heavy (non-hydrogen) atoms. The molecule has 3 aromatic rings. The van der Waals surface area contributed by atoms with Gasteiger partial charge in [0.15, 0.2) is 0 Å². The van der Waals surface area contributed by atoms with Gasteiger partial charge >= 0.3 is 0 Å². The van der Waals surface area contributed by atoms with Crippen LogP contribution in [0.1, 0.15) is 10.4 Å². The van der Waals surface area contributed by atoms with Crippen molar-refractivity contribution in [1.82, 2.24) is 9.47 Å². The van der Waals surface area contributed by atoms with Crippen LogP contribution < -0.4 is 4.72 Å². The summed E-state index contributed by atoms with van der Waals surface area (Å²) in [7, 11) is 1.29. The third kappa shape index (κ3) is 3.90. The van der Waals surface area contributed by atoms with Crippen molar-refractivity contribution >= 4 is 55.7 Å². The number of aryl methyl sites for hydroxylation is 1. The van der Waals surface area contributed by atoms with Crippen molar-refractivity contribution in [2.75, 3.05) is 18.8 Å². The van der Waals surface area contributed by atoms with E-state index in [9.17, 15) is 13.2 Å². The number of nitrogens with zero attached hydrogens (tertiary/aromatic N) is 2. The molecule has 0 fully saturated rings. The van der Waals surface area contributed by atoms with E-state index in [4.69, 9.17) is 23.2 Å². The fourth-order valence-electron chi connectivity index (χ4n) is 2.76. The highest BCUT2D eigenvalue weighted by molar-refractivity contribution is 7.92. The van der Waals surface area contributed by atoms with Crippen molar-refractivity contribution in [3.8, 4) is 0 Å². The number of carbonyl (C=O) groups excluding carboxylic acids is 1. The lowest BCUT2D eigenvalue weighted by Gasteiger charge is -2.10. The second kappa shape index (κ2) is 7.07. The van der Waals surface area contributed by atoms with Crippen molar-refractivity contribution in [1.29, 1.82) is 0 Å². The third-order valence-electron chi connectivity index (χ3n) is 4.03. The molecule has 2 aromatic carbocycles. The predicted octanol–water partition coefficient (Wildman–Crippen LogP) is 3.99. The summed E-state index contributed by atoms with van der Waals surface area (Å²) in [6.07, 6.45) is 1.72. The monoisotopic (exact) mass is 425 g/mol. The van der Waals surface area contributed by atoms with Gasteiger partial charge in [0.25, 0.3) is 15.9 Å². The van der Waals surface area contributed by atoms with Gasteiger partial charge in [-0.2, -0.15) is 0 Å². The Morgan fingerprint density at radius 3 is 2.30 bits per heavy atom. The zero-order chi connectivity index (χ0) is 19.9. The lowest BCUT2D eigenvalue weighted by atomic mass is 10.1. The molecule has 142 valence electrons. The number of carbonyl (C=O) groups is 1. The van der Waals surface area contributed by atoms with E-state index in [0.717, 1.165) is 10.9 Å². The zero-order valence-electron chi connectivity index (χ0n) is 14.8. The minimum atomic E-state index is -3.87. The van der Waals surface area contributed by atoms with E-state index in [-0.39, 0.29) is 20.8 Å². The molecular formula is C18H17Cl2N3O3S. The van der Waals surface area contributed by atoms with Gasteiger partial charge in [0.1, 0.15) is 0 Å². The van der Waals surface area contributed by atoms with Crippen LogP contribution in [0.5, 0.6) is 0 Å². The van der Waals surface area contributed by atoms with Gasteiger partial charge < -0.3 is 9.47 Å². The fourth-order valence-corrected chi connectivity index (χ4v) is 4.53. The number of anilines is 1. The van der Waals surface area contributed by atoms with Gasteiger partial charge in [-0.1, -0.05) is 23.2 Å². The first-order valence-electron chi connectivity index (χ1n) is 7.88. The fraction of sp³-hybridized carbons (Fsp3) is 0.167. The molecule has 1 aromatic heterocycles. The number of benzene rings is 2. The van der Waals surface area contributed by atoms with Crippen molar-refractivity contribution in [2.45, 2.75) is 4.90 Å². The number of hydrogen-bond acceptors (Lipinski definition) is 3. The number of nitrogens with one attached hydrogen (secondary N) is 1. The van der Waals surface area contributed by atoms with Crippen LogP contribution in [0.4, 0.5) is 5.69 Å². The Morgan fingerprint density at radius 2 is 1.70 bits per heavy atom. The molecule has 6 nitrogen and oxygen atoms in total. The summed E-state index contributed by atoms with van der Waals surface area (Å²) < 4.78 is 29.6. The van der Waals surface area contributed by atoms with E-state index in [1.807, 2.05) is 0 Å². The molecule has 1 amide bonds. The summed E-state index contributed by atoms with van der Waals surface area (Å²) in [5, 5.41) is 1.20. The highest BCUT2D eigenvalue weighted by Gasteiger charge is 2.19. The number of sulfonamides is 1. The van der Waals surface area contributed by atoms with Gasteiger partial charge in [-0.15, -0.1) is 0 Å². The lowest BCUT2D eigenvalue weighted by Crippen LogP contribution is -2.21. The molecular weight excluding hydrogens is 409 g/mol. The van der Waals surface area contributed by atoms with E-state index in [1.165, 1.54) is 23.1 Å². The number of halogens is 2. The number of rotatable bonds is 4. The number of hydrogen-bond donors (Lipinski definition) is 1. The minimum Gasteiger partial charge on any atom is -0.350 e. The van der Waals surface area contributed by atoms with Crippen LogP contribution in [0, 0.1) is 0 Å². The van der Waals surface area contributed by atoms with Crippen LogP contribution in [0.2, 0.25) is 10.0 Å². The summed E-state index contributed by atoms with van der Waals surface area (Å²) in [5.74, 6) is -0.123. The molecule has 1 heterocycles. The lowest BCUT2D eigenvalue weighted by molar-refractivity contribution is 0.0829. The maximum Gasteiger partial charge on any atom is 0.261 e. The van der Waals surface area contributed by atoms with Crippen LogP contribution in [0.3, 0.4) is 0 Å². The molecule has 9 heteroatoms. The Labute approximate surface area is 167 Å². The first-order chi connectivity index (χ1) is 12.6. The van der Waals surface area contributed by atoms with Gasteiger partial charge in [-0.25, -0.2) is 8.42 Å². The van der Waals surface area contributed by atoms with E-state index < -0.39 is 10.0 Å². The molecule has 0 spiro atoms. The SMILES string of the molecule is CN(C)C(=O)c1cn(C)c2cc(NS(=O)(=O)c3cc(Cl)cc(Cl)c3)ccc12. The van der Waals surface area contributed by atoms with E-state index >= 15 is 0 Å². The summed E-state index contributed by atoms with van der Waals surface area (Å²) in [4.78, 5) is 13.8. The number of aromatic nitrogens is 1. The normalized spacial score (nSPS) is 11.6. The third-order valence-corrected chi connectivity index (χ3v) is 5.82. The molecule has 0 saturated heterocycles. The Balaban J connectivity index is 2.01. The quantitative estimate of drug-likeness (QED) is 0.686. The van der Waals surface area contributed by atoms with E-state index in [2.05, 4.69) is 4.72 Å². The molecule has 0 aliphatic heterocycles. The first-order valence-corrected chi connectivity index (χ1v) is 10.1.